The number of nitrogens with two attached hydrogens (primary N) is 1. The van der Waals surface area contributed by atoms with Crippen molar-refractivity contribution >= 4 is 46.7 Å². The standard InChI is InChI=1S/C19H28BrN3O.2ClH/c1-19(21,16-5-7-17(20)8-6-16)18(24)23-12-9-15(14-23)13-22-10-3-2-4-11-22;;/h5-8,15H,2-4,9-14,21H2,1H3;2*1H. The van der Waals surface area contributed by atoms with Gasteiger partial charge in [0.25, 0.3) is 0 Å². The van der Waals surface area contributed by atoms with Crippen molar-refractivity contribution in [1.29, 1.82) is 0 Å². The molecule has 0 saturated carbocycles. The number of hydrogen-bond acceptors (Lipinski definition) is 3. The molecule has 1 aromatic carbocycles. The summed E-state index contributed by atoms with van der Waals surface area (Å²) in [6.45, 7) is 7.08. The van der Waals surface area contributed by atoms with Crippen LogP contribution in [0.2, 0.25) is 0 Å². The zero-order chi connectivity index (χ0) is 17.2. The van der Waals surface area contributed by atoms with Gasteiger partial charge in [-0.3, -0.25) is 4.79 Å². The van der Waals surface area contributed by atoms with Gasteiger partial charge in [0.05, 0.1) is 0 Å². The van der Waals surface area contributed by atoms with Gasteiger partial charge in [-0.15, -0.1) is 24.8 Å². The highest BCUT2D eigenvalue weighted by Gasteiger charge is 2.38. The van der Waals surface area contributed by atoms with Gasteiger partial charge in [-0.05, 0) is 62.9 Å². The molecule has 1 aromatic rings. The van der Waals surface area contributed by atoms with Crippen LogP contribution < -0.4 is 5.73 Å². The van der Waals surface area contributed by atoms with Crippen LogP contribution in [0.1, 0.15) is 38.2 Å². The SMILES string of the molecule is CC(N)(C(=O)N1CCC(CN2CCCCC2)C1)c1ccc(Br)cc1.Cl.Cl. The smallest absolute Gasteiger partial charge is 0.246 e. The summed E-state index contributed by atoms with van der Waals surface area (Å²) >= 11 is 3.43. The van der Waals surface area contributed by atoms with E-state index in [0.29, 0.717) is 5.92 Å². The lowest BCUT2D eigenvalue weighted by atomic mass is 9.91. The predicted molar refractivity (Wildman–Crippen MR) is 115 cm³/mol. The van der Waals surface area contributed by atoms with Gasteiger partial charge in [0.1, 0.15) is 5.54 Å². The number of likely N-dealkylation sites (tertiary alicyclic amines) is 2. The molecule has 7 heteroatoms. The van der Waals surface area contributed by atoms with Gasteiger partial charge < -0.3 is 15.5 Å². The second-order valence-electron chi connectivity index (χ2n) is 7.48. The van der Waals surface area contributed by atoms with Crippen LogP contribution in [0.25, 0.3) is 0 Å². The first-order valence-electron chi connectivity index (χ1n) is 9.03. The van der Waals surface area contributed by atoms with E-state index in [1.54, 1.807) is 0 Å². The fraction of sp³-hybridized carbons (Fsp3) is 0.632. The quantitative estimate of drug-likeness (QED) is 0.733. The van der Waals surface area contributed by atoms with Crippen LogP contribution in [0.4, 0.5) is 0 Å². The van der Waals surface area contributed by atoms with Crippen LogP contribution in [0.15, 0.2) is 28.7 Å². The molecule has 2 aliphatic heterocycles. The minimum atomic E-state index is -0.958. The van der Waals surface area contributed by atoms with Crippen LogP contribution in [0.5, 0.6) is 0 Å². The van der Waals surface area contributed by atoms with Crippen LogP contribution >= 0.6 is 40.7 Å². The average Bonchev–Trinajstić information content (AvgIpc) is 3.04. The third-order valence-electron chi connectivity index (χ3n) is 5.43. The Balaban J connectivity index is 0.00000169. The summed E-state index contributed by atoms with van der Waals surface area (Å²) in [5.41, 5.74) is 6.34. The summed E-state index contributed by atoms with van der Waals surface area (Å²) in [5, 5.41) is 0. The van der Waals surface area contributed by atoms with Gasteiger partial charge in [-0.2, -0.15) is 0 Å². The maximum Gasteiger partial charge on any atom is 0.246 e. The Kier molecular flexibility index (Phi) is 9.37. The minimum Gasteiger partial charge on any atom is -0.340 e. The van der Waals surface area contributed by atoms with E-state index in [1.807, 2.05) is 36.1 Å². The van der Waals surface area contributed by atoms with Crippen molar-refractivity contribution < 1.29 is 4.79 Å². The lowest BCUT2D eigenvalue weighted by Gasteiger charge is -2.31. The van der Waals surface area contributed by atoms with Gasteiger partial charge >= 0.3 is 0 Å². The highest BCUT2D eigenvalue weighted by molar-refractivity contribution is 9.10. The Hall–Kier alpha value is -0.330. The Morgan fingerprint density at radius 1 is 1.15 bits per heavy atom. The van der Waals surface area contributed by atoms with E-state index >= 15 is 0 Å². The van der Waals surface area contributed by atoms with E-state index < -0.39 is 5.54 Å². The third kappa shape index (κ3) is 5.59. The predicted octanol–water partition coefficient (Wildman–Crippen LogP) is 3.80. The molecule has 2 fully saturated rings. The number of benzene rings is 1. The first-order valence-corrected chi connectivity index (χ1v) is 9.83. The van der Waals surface area contributed by atoms with E-state index in [4.69, 9.17) is 5.73 Å². The van der Waals surface area contributed by atoms with E-state index in [0.717, 1.165) is 36.1 Å². The van der Waals surface area contributed by atoms with Crippen LogP contribution in [0, 0.1) is 5.92 Å². The number of carbonyl (C=O) groups is 1. The average molecular weight is 467 g/mol. The Morgan fingerprint density at radius 2 is 1.77 bits per heavy atom. The topological polar surface area (TPSA) is 49.6 Å². The number of rotatable bonds is 4. The summed E-state index contributed by atoms with van der Waals surface area (Å²) in [4.78, 5) is 17.5. The van der Waals surface area contributed by atoms with Gasteiger partial charge in [-0.1, -0.05) is 34.5 Å². The number of piperidine rings is 1. The van der Waals surface area contributed by atoms with Gasteiger partial charge in [0, 0.05) is 24.1 Å². The lowest BCUT2D eigenvalue weighted by Crippen LogP contribution is -2.50. The van der Waals surface area contributed by atoms with Crippen LogP contribution in [0.3, 0.4) is 0 Å². The van der Waals surface area contributed by atoms with Crippen molar-refractivity contribution in [1.82, 2.24) is 9.80 Å². The molecular formula is C19H30BrCl2N3O. The fourth-order valence-corrected chi connectivity index (χ4v) is 4.19. The van der Waals surface area contributed by atoms with Crippen molar-refractivity contribution in [2.45, 2.75) is 38.1 Å². The molecule has 2 atom stereocenters. The summed E-state index contributed by atoms with van der Waals surface area (Å²) in [7, 11) is 0. The summed E-state index contributed by atoms with van der Waals surface area (Å²) in [6.07, 6.45) is 5.10. The number of amides is 1. The molecule has 0 spiro atoms. The minimum absolute atomic E-state index is 0. The molecule has 0 aliphatic carbocycles. The zero-order valence-electron chi connectivity index (χ0n) is 15.3. The molecule has 0 radical (unpaired) electrons. The molecule has 3 rings (SSSR count). The summed E-state index contributed by atoms with van der Waals surface area (Å²) in [5.74, 6) is 0.638. The molecule has 2 N–H and O–H groups in total. The maximum absolute atomic E-state index is 13.0. The zero-order valence-corrected chi connectivity index (χ0v) is 18.5. The van der Waals surface area contributed by atoms with Crippen molar-refractivity contribution in [3.05, 3.63) is 34.3 Å². The Morgan fingerprint density at radius 3 is 2.38 bits per heavy atom. The number of carbonyl (C=O) groups excluding carboxylic acids is 1. The third-order valence-corrected chi connectivity index (χ3v) is 5.95. The number of nitrogens with zero attached hydrogens (tertiary/aromatic N) is 2. The molecule has 4 nitrogen and oxygen atoms in total. The maximum atomic E-state index is 13.0. The summed E-state index contributed by atoms with van der Waals surface area (Å²) < 4.78 is 0.997. The second-order valence-corrected chi connectivity index (χ2v) is 8.39. The van der Waals surface area contributed by atoms with Gasteiger partial charge in [0.2, 0.25) is 5.91 Å². The molecular weight excluding hydrogens is 437 g/mol. The van der Waals surface area contributed by atoms with Crippen LogP contribution in [-0.2, 0) is 10.3 Å². The fourth-order valence-electron chi connectivity index (χ4n) is 3.92. The normalized spacial score (nSPS) is 22.9. The highest BCUT2D eigenvalue weighted by atomic mass is 79.9. The second kappa shape index (κ2) is 10.3. The molecule has 26 heavy (non-hydrogen) atoms. The first kappa shape index (κ1) is 23.7. The molecule has 2 heterocycles. The van der Waals surface area contributed by atoms with E-state index in [1.165, 1.54) is 32.4 Å². The summed E-state index contributed by atoms with van der Waals surface area (Å²) in [6, 6.07) is 7.75. The van der Waals surface area contributed by atoms with Crippen molar-refractivity contribution in [3.8, 4) is 0 Å². The Labute approximate surface area is 177 Å². The first-order chi connectivity index (χ1) is 11.5. The van der Waals surface area contributed by atoms with E-state index in [-0.39, 0.29) is 30.7 Å². The van der Waals surface area contributed by atoms with Crippen molar-refractivity contribution in [3.63, 3.8) is 0 Å². The van der Waals surface area contributed by atoms with Crippen molar-refractivity contribution in [2.75, 3.05) is 32.7 Å². The highest BCUT2D eigenvalue weighted by Crippen LogP contribution is 2.27. The monoisotopic (exact) mass is 465 g/mol. The van der Waals surface area contributed by atoms with E-state index in [2.05, 4.69) is 20.8 Å². The molecule has 1 amide bonds. The largest absolute Gasteiger partial charge is 0.340 e. The molecule has 2 aliphatic rings. The van der Waals surface area contributed by atoms with Crippen LogP contribution in [-0.4, -0.2) is 48.4 Å². The molecule has 148 valence electrons. The lowest BCUT2D eigenvalue weighted by molar-refractivity contribution is -0.135. The van der Waals surface area contributed by atoms with E-state index in [9.17, 15) is 4.79 Å². The molecule has 2 saturated heterocycles. The molecule has 0 aromatic heterocycles. The molecule has 0 bridgehead atoms. The van der Waals surface area contributed by atoms with Gasteiger partial charge in [-0.25, -0.2) is 0 Å². The van der Waals surface area contributed by atoms with Crippen molar-refractivity contribution in [2.24, 2.45) is 11.7 Å². The molecule has 2 unspecified atom stereocenters. The number of halogens is 3. The number of hydrogen-bond donors (Lipinski definition) is 1. The van der Waals surface area contributed by atoms with Gasteiger partial charge in [0.15, 0.2) is 0 Å². The Bertz CT molecular complexity index is 577.